The van der Waals surface area contributed by atoms with Gasteiger partial charge in [-0.3, -0.25) is 4.98 Å². The lowest BCUT2D eigenvalue weighted by Crippen LogP contribution is -2.01. The van der Waals surface area contributed by atoms with E-state index in [1.165, 1.54) is 10.3 Å². The molecule has 0 aliphatic heterocycles. The molecule has 0 fully saturated rings. The minimum absolute atomic E-state index is 0.510. The van der Waals surface area contributed by atoms with E-state index in [1.54, 1.807) is 17.7 Å². The molecule has 3 heterocycles. The molecule has 0 aliphatic carbocycles. The topological polar surface area (TPSA) is 39.9 Å². The highest BCUT2D eigenvalue weighted by Gasteiger charge is 2.09. The minimum atomic E-state index is 0.510. The van der Waals surface area contributed by atoms with Crippen LogP contribution in [0.5, 0.6) is 0 Å². The summed E-state index contributed by atoms with van der Waals surface area (Å²) in [4.78, 5) is 9.97. The van der Waals surface area contributed by atoms with Crippen LogP contribution in [0.3, 0.4) is 0 Å². The Morgan fingerprint density at radius 2 is 2.30 bits per heavy atom. The highest BCUT2D eigenvalue weighted by atomic mass is 32.1. The Kier molecular flexibility index (Phi) is 4.05. The molecule has 0 N–H and O–H groups in total. The fourth-order valence-electron chi connectivity index (χ4n) is 1.98. The maximum atomic E-state index is 5.43. The second-order valence-corrected chi connectivity index (χ2v) is 5.99. The van der Waals surface area contributed by atoms with Gasteiger partial charge in [-0.2, -0.15) is 12.6 Å². The summed E-state index contributed by atoms with van der Waals surface area (Å²) in [5.74, 6) is 0.725. The Hall–Kier alpha value is -1.37. The van der Waals surface area contributed by atoms with Gasteiger partial charge in [0, 0.05) is 18.1 Å². The van der Waals surface area contributed by atoms with E-state index in [2.05, 4.69) is 35.6 Å². The van der Waals surface area contributed by atoms with Gasteiger partial charge in [-0.05, 0) is 24.6 Å². The molecule has 0 spiro atoms. The highest BCUT2D eigenvalue weighted by Crippen LogP contribution is 2.33. The predicted octanol–water partition coefficient (Wildman–Crippen LogP) is 3.37. The van der Waals surface area contributed by atoms with Crippen LogP contribution in [0.25, 0.3) is 20.8 Å². The molecule has 0 aromatic carbocycles. The van der Waals surface area contributed by atoms with Crippen molar-refractivity contribution in [2.45, 2.75) is 13.7 Å². The lowest BCUT2D eigenvalue weighted by molar-refractivity contribution is 0.0900. The zero-order valence-corrected chi connectivity index (χ0v) is 12.8. The van der Waals surface area contributed by atoms with Gasteiger partial charge in [0.25, 0.3) is 0 Å². The minimum Gasteiger partial charge on any atom is -0.360 e. The normalized spacial score (nSPS) is 11.3. The van der Waals surface area contributed by atoms with Gasteiger partial charge in [0.2, 0.25) is 0 Å². The average Bonchev–Trinajstić information content (AvgIpc) is 3.05. The zero-order chi connectivity index (χ0) is 13.9. The number of thiophene rings is 1. The number of fused-ring (bicyclic) bond motifs is 1. The fourth-order valence-corrected chi connectivity index (χ4v) is 3.16. The summed E-state index contributed by atoms with van der Waals surface area (Å²) in [5, 5.41) is 0. The van der Waals surface area contributed by atoms with Crippen molar-refractivity contribution in [3.63, 3.8) is 0 Å². The van der Waals surface area contributed by atoms with Crippen molar-refractivity contribution in [2.75, 3.05) is 12.4 Å². The van der Waals surface area contributed by atoms with Gasteiger partial charge < -0.3 is 9.30 Å². The molecule has 4 nitrogen and oxygen atoms in total. The molecule has 0 atom stereocenters. The molecule has 0 saturated heterocycles. The van der Waals surface area contributed by atoms with Crippen LogP contribution in [0.1, 0.15) is 5.56 Å². The van der Waals surface area contributed by atoms with Crippen molar-refractivity contribution in [1.82, 2.24) is 14.5 Å². The van der Waals surface area contributed by atoms with Gasteiger partial charge in [-0.1, -0.05) is 0 Å². The molecule has 20 heavy (non-hydrogen) atoms. The monoisotopic (exact) mass is 305 g/mol. The lowest BCUT2D eigenvalue weighted by atomic mass is 10.2. The second-order valence-electron chi connectivity index (χ2n) is 4.49. The van der Waals surface area contributed by atoms with Crippen LogP contribution in [0.4, 0.5) is 0 Å². The molecule has 3 aromatic heterocycles. The van der Waals surface area contributed by atoms with Crippen molar-refractivity contribution in [2.24, 2.45) is 0 Å². The standard InChI is InChI=1S/C14H15N3OS2/c1-10-2-3-15-11-6-13(20-14(10)11)12-7-17(8-16-12)9-18-4-5-19/h2-3,6-8,19H,4-5,9H2,1H3. The first-order valence-corrected chi connectivity index (χ1v) is 7.79. The first kappa shape index (κ1) is 13.6. The summed E-state index contributed by atoms with van der Waals surface area (Å²) in [6, 6.07) is 4.13. The van der Waals surface area contributed by atoms with Gasteiger partial charge in [-0.15, -0.1) is 11.3 Å². The molecule has 0 unspecified atom stereocenters. The van der Waals surface area contributed by atoms with Crippen molar-refractivity contribution in [1.29, 1.82) is 0 Å². The number of thiol groups is 1. The SMILES string of the molecule is Cc1ccnc2cc(-c3cn(COCCS)cn3)sc12. The van der Waals surface area contributed by atoms with E-state index in [4.69, 9.17) is 4.74 Å². The van der Waals surface area contributed by atoms with Crippen molar-refractivity contribution in [3.05, 3.63) is 36.4 Å². The van der Waals surface area contributed by atoms with Crippen LogP contribution in [-0.4, -0.2) is 26.9 Å². The van der Waals surface area contributed by atoms with Crippen LogP contribution in [0, 0.1) is 6.92 Å². The third-order valence-electron chi connectivity index (χ3n) is 2.97. The third-order valence-corrected chi connectivity index (χ3v) is 4.44. The van der Waals surface area contributed by atoms with Gasteiger partial charge in [0.05, 0.1) is 33.7 Å². The zero-order valence-electron chi connectivity index (χ0n) is 11.1. The Morgan fingerprint density at radius 1 is 1.40 bits per heavy atom. The number of aromatic nitrogens is 3. The number of ether oxygens (including phenoxy) is 1. The maximum absolute atomic E-state index is 5.43. The van der Waals surface area contributed by atoms with Crippen LogP contribution in [-0.2, 0) is 11.5 Å². The molecular formula is C14H15N3OS2. The number of rotatable bonds is 5. The van der Waals surface area contributed by atoms with E-state index in [1.807, 2.05) is 23.0 Å². The fraction of sp³-hybridized carbons (Fsp3) is 0.286. The Labute approximate surface area is 126 Å². The lowest BCUT2D eigenvalue weighted by Gasteiger charge is -2.01. The van der Waals surface area contributed by atoms with E-state index in [0.29, 0.717) is 13.3 Å². The summed E-state index contributed by atoms with van der Waals surface area (Å²) in [5.41, 5.74) is 3.25. The predicted molar refractivity (Wildman–Crippen MR) is 85.4 cm³/mol. The van der Waals surface area contributed by atoms with Crippen molar-refractivity contribution >= 4 is 34.2 Å². The smallest absolute Gasteiger partial charge is 0.123 e. The Bertz CT molecular complexity index is 720. The maximum Gasteiger partial charge on any atom is 0.123 e. The summed E-state index contributed by atoms with van der Waals surface area (Å²) in [6.07, 6.45) is 5.63. The molecule has 0 aliphatic rings. The van der Waals surface area contributed by atoms with Crippen LogP contribution in [0.2, 0.25) is 0 Å². The average molecular weight is 305 g/mol. The molecule has 0 amide bonds. The molecule has 6 heteroatoms. The first-order valence-electron chi connectivity index (χ1n) is 6.34. The van der Waals surface area contributed by atoms with E-state index >= 15 is 0 Å². The molecule has 104 valence electrons. The quantitative estimate of drug-likeness (QED) is 0.580. The molecule has 0 saturated carbocycles. The van der Waals surface area contributed by atoms with Gasteiger partial charge in [0.1, 0.15) is 6.73 Å². The molecule has 3 aromatic rings. The van der Waals surface area contributed by atoms with Gasteiger partial charge in [0.15, 0.2) is 0 Å². The van der Waals surface area contributed by atoms with Crippen LogP contribution >= 0.6 is 24.0 Å². The van der Waals surface area contributed by atoms with E-state index in [0.717, 1.165) is 21.8 Å². The van der Waals surface area contributed by atoms with E-state index < -0.39 is 0 Å². The third kappa shape index (κ3) is 2.72. The Balaban J connectivity index is 1.85. The van der Waals surface area contributed by atoms with E-state index in [-0.39, 0.29) is 0 Å². The number of nitrogens with zero attached hydrogens (tertiary/aromatic N) is 3. The number of imidazole rings is 1. The summed E-state index contributed by atoms with van der Waals surface area (Å²) in [7, 11) is 0. The summed E-state index contributed by atoms with van der Waals surface area (Å²) < 4.78 is 8.59. The highest BCUT2D eigenvalue weighted by molar-refractivity contribution is 7.80. The molecule has 0 radical (unpaired) electrons. The van der Waals surface area contributed by atoms with Crippen LogP contribution < -0.4 is 0 Å². The van der Waals surface area contributed by atoms with Crippen molar-refractivity contribution in [3.8, 4) is 10.6 Å². The first-order chi connectivity index (χ1) is 9.78. The van der Waals surface area contributed by atoms with Crippen LogP contribution in [0.15, 0.2) is 30.9 Å². The summed E-state index contributed by atoms with van der Waals surface area (Å²) in [6.45, 7) is 3.26. The van der Waals surface area contributed by atoms with Gasteiger partial charge >= 0.3 is 0 Å². The van der Waals surface area contributed by atoms with E-state index in [9.17, 15) is 0 Å². The van der Waals surface area contributed by atoms with Crippen molar-refractivity contribution < 1.29 is 4.74 Å². The number of hydrogen-bond acceptors (Lipinski definition) is 5. The second kappa shape index (κ2) is 5.95. The number of pyridine rings is 1. The Morgan fingerprint density at radius 3 is 3.10 bits per heavy atom. The summed E-state index contributed by atoms with van der Waals surface area (Å²) >= 11 is 5.84. The molecule has 3 rings (SSSR count). The number of hydrogen-bond donors (Lipinski definition) is 1. The van der Waals surface area contributed by atoms with Gasteiger partial charge in [-0.25, -0.2) is 4.98 Å². The largest absolute Gasteiger partial charge is 0.360 e. The molecule has 0 bridgehead atoms. The molecular weight excluding hydrogens is 290 g/mol. The number of aryl methyl sites for hydroxylation is 1.